The molecule has 3 N–H and O–H groups in total. The number of alkyl halides is 1. The zero-order valence-corrected chi connectivity index (χ0v) is 11.0. The van der Waals surface area contributed by atoms with Gasteiger partial charge in [-0.1, -0.05) is 5.16 Å². The predicted octanol–water partition coefficient (Wildman–Crippen LogP) is 0.216. The number of oxime groups is 1. The van der Waals surface area contributed by atoms with E-state index >= 15 is 0 Å². The zero-order valence-electron chi connectivity index (χ0n) is 8.24. The van der Waals surface area contributed by atoms with E-state index in [0.29, 0.717) is 0 Å². The predicted molar refractivity (Wildman–Crippen MR) is 55.6 cm³/mol. The fourth-order valence-electron chi connectivity index (χ4n) is 1.05. The molecule has 0 bridgehead atoms. The Bertz CT molecular complexity index is 453. The van der Waals surface area contributed by atoms with Gasteiger partial charge >= 0.3 is 0 Å². The second-order valence-electron chi connectivity index (χ2n) is 2.66. The van der Waals surface area contributed by atoms with Gasteiger partial charge in [0.15, 0.2) is 5.83 Å². The molecule has 79 valence electrons. The number of hydrogen-bond donors (Lipinski definition) is 2. The van der Waals surface area contributed by atoms with Crippen LogP contribution in [0.15, 0.2) is 28.3 Å². The van der Waals surface area contributed by atoms with Crippen LogP contribution in [0.1, 0.15) is 0 Å². The topological polar surface area (TPSA) is 99.5 Å². The van der Waals surface area contributed by atoms with Crippen molar-refractivity contribution in [3.63, 3.8) is 0 Å². The number of carbonyl (C=O) groups excluding carboxylic acids is 1. The van der Waals surface area contributed by atoms with Crippen LogP contribution in [0.2, 0.25) is 0 Å². The molecule has 5 nitrogen and oxygen atoms in total. The van der Waals surface area contributed by atoms with Crippen LogP contribution in [0.4, 0.5) is 4.39 Å². The Balaban J connectivity index is 0.00000225. The summed E-state index contributed by atoms with van der Waals surface area (Å²) >= 11 is 5.62. The Morgan fingerprint density at radius 3 is 2.75 bits per heavy atom. The molecule has 0 aromatic heterocycles. The first kappa shape index (κ1) is 15.1. The van der Waals surface area contributed by atoms with Crippen molar-refractivity contribution in [2.75, 3.05) is 0 Å². The van der Waals surface area contributed by atoms with Crippen molar-refractivity contribution in [2.24, 2.45) is 10.9 Å². The van der Waals surface area contributed by atoms with Crippen LogP contribution in [-0.4, -0.2) is 51.6 Å². The monoisotopic (exact) mass is 252 g/mol. The molecule has 0 spiro atoms. The molecule has 0 aliphatic heterocycles. The van der Waals surface area contributed by atoms with Crippen molar-refractivity contribution < 1.29 is 14.4 Å². The van der Waals surface area contributed by atoms with Gasteiger partial charge in [-0.25, -0.2) is 4.39 Å². The fourth-order valence-corrected chi connectivity index (χ4v) is 1.35. The maximum absolute atomic E-state index is 13.2. The summed E-state index contributed by atoms with van der Waals surface area (Å²) in [5.74, 6) is -1.96. The average Bonchev–Trinajstić information content (AvgIpc) is 2.23. The Morgan fingerprint density at radius 1 is 1.75 bits per heavy atom. The van der Waals surface area contributed by atoms with Gasteiger partial charge in [-0.2, -0.15) is 5.26 Å². The molecule has 1 atom stereocenters. The van der Waals surface area contributed by atoms with Gasteiger partial charge in [-0.05, 0) is 6.08 Å². The van der Waals surface area contributed by atoms with Crippen LogP contribution in [0.5, 0.6) is 0 Å². The molecule has 1 radical (unpaired) electrons. The van der Waals surface area contributed by atoms with E-state index in [1.54, 1.807) is 0 Å². The van der Waals surface area contributed by atoms with Crippen molar-refractivity contribution in [2.45, 2.75) is 5.38 Å². The van der Waals surface area contributed by atoms with Crippen LogP contribution in [0, 0.1) is 11.3 Å². The number of nitriles is 1. The SMILES string of the molecule is N#CC(=O)C1=CC(N)=C(F)C(=NO)C1Cl.[Na]. The Labute approximate surface area is 117 Å². The fraction of sp³-hybridized carbons (Fsp3) is 0.125. The van der Waals surface area contributed by atoms with Crippen molar-refractivity contribution in [3.8, 4) is 6.07 Å². The molecular weight excluding hydrogens is 248 g/mol. The second kappa shape index (κ2) is 6.01. The molecular formula is C8H5ClFN3NaO2. The van der Waals surface area contributed by atoms with Crippen molar-refractivity contribution in [1.82, 2.24) is 0 Å². The number of halogens is 2. The first-order valence-corrected chi connectivity index (χ1v) is 4.14. The van der Waals surface area contributed by atoms with Gasteiger partial charge in [0, 0.05) is 35.1 Å². The van der Waals surface area contributed by atoms with Crippen LogP contribution >= 0.6 is 11.6 Å². The summed E-state index contributed by atoms with van der Waals surface area (Å²) < 4.78 is 13.2. The number of Topliss-reactive ketones (excluding diaryl/α,β-unsaturated/α-hetero) is 1. The van der Waals surface area contributed by atoms with E-state index in [-0.39, 0.29) is 35.1 Å². The van der Waals surface area contributed by atoms with Crippen LogP contribution in [0.25, 0.3) is 0 Å². The largest absolute Gasteiger partial charge is 0.411 e. The van der Waals surface area contributed by atoms with Crippen LogP contribution in [0.3, 0.4) is 0 Å². The molecule has 0 heterocycles. The van der Waals surface area contributed by atoms with Crippen molar-refractivity contribution in [3.05, 3.63) is 23.2 Å². The summed E-state index contributed by atoms with van der Waals surface area (Å²) in [6.07, 6.45) is 0.952. The molecule has 8 heteroatoms. The van der Waals surface area contributed by atoms with Gasteiger partial charge < -0.3 is 10.9 Å². The third kappa shape index (κ3) is 2.62. The summed E-state index contributed by atoms with van der Waals surface area (Å²) in [4.78, 5) is 11.0. The zero-order chi connectivity index (χ0) is 11.6. The minimum Gasteiger partial charge on any atom is -0.411 e. The molecule has 1 aliphatic carbocycles. The maximum Gasteiger partial charge on any atom is 0.260 e. The minimum absolute atomic E-state index is 0. The third-order valence-electron chi connectivity index (χ3n) is 1.77. The minimum atomic E-state index is -1.31. The quantitative estimate of drug-likeness (QED) is 0.229. The molecule has 0 aromatic rings. The van der Waals surface area contributed by atoms with E-state index in [1.165, 1.54) is 6.07 Å². The first-order valence-electron chi connectivity index (χ1n) is 3.70. The molecule has 0 saturated carbocycles. The number of ketones is 1. The summed E-state index contributed by atoms with van der Waals surface area (Å²) in [5, 5.41) is 18.1. The third-order valence-corrected chi connectivity index (χ3v) is 2.22. The number of nitrogens with zero attached hydrogens (tertiary/aromatic N) is 2. The Kier molecular flexibility index (Phi) is 5.68. The van der Waals surface area contributed by atoms with E-state index < -0.39 is 28.4 Å². The number of nitrogens with two attached hydrogens (primary N) is 1. The molecule has 0 saturated heterocycles. The maximum atomic E-state index is 13.2. The van der Waals surface area contributed by atoms with Gasteiger partial charge in [-0.15, -0.1) is 11.6 Å². The molecule has 0 fully saturated rings. The molecule has 16 heavy (non-hydrogen) atoms. The van der Waals surface area contributed by atoms with Crippen LogP contribution < -0.4 is 5.73 Å². The van der Waals surface area contributed by atoms with E-state index in [2.05, 4.69) is 5.16 Å². The Morgan fingerprint density at radius 2 is 2.31 bits per heavy atom. The summed E-state index contributed by atoms with van der Waals surface area (Å²) in [7, 11) is 0. The molecule has 0 aromatic carbocycles. The second-order valence-corrected chi connectivity index (χ2v) is 3.09. The van der Waals surface area contributed by atoms with Gasteiger partial charge in [0.1, 0.15) is 17.2 Å². The van der Waals surface area contributed by atoms with E-state index in [0.717, 1.165) is 6.08 Å². The molecule has 1 aliphatic rings. The molecule has 0 amide bonds. The molecule has 1 rings (SSSR count). The van der Waals surface area contributed by atoms with E-state index in [9.17, 15) is 9.18 Å². The van der Waals surface area contributed by atoms with Gasteiger partial charge in [0.2, 0.25) is 0 Å². The van der Waals surface area contributed by atoms with Gasteiger partial charge in [0.25, 0.3) is 5.78 Å². The van der Waals surface area contributed by atoms with Gasteiger partial charge in [0.05, 0.1) is 5.70 Å². The number of hydrogen-bond acceptors (Lipinski definition) is 5. The number of carbonyl (C=O) groups is 1. The number of rotatable bonds is 1. The summed E-state index contributed by atoms with van der Waals surface area (Å²) in [6, 6.07) is 1.32. The smallest absolute Gasteiger partial charge is 0.260 e. The number of allylic oxidation sites excluding steroid dienone is 3. The molecule has 1 unspecified atom stereocenters. The van der Waals surface area contributed by atoms with Crippen LogP contribution in [-0.2, 0) is 4.79 Å². The standard InChI is InChI=1S/C8H5ClFN3O2.Na/c9-6-3(5(14)2-11)1-4(12)7(10)8(6)13-15;/h1,6,15H,12H2;. The first-order chi connectivity index (χ1) is 7.02. The van der Waals surface area contributed by atoms with Gasteiger partial charge in [-0.3, -0.25) is 4.79 Å². The van der Waals surface area contributed by atoms with Crippen molar-refractivity contribution >= 4 is 52.7 Å². The Hall–Kier alpha value is -0.870. The normalized spacial score (nSPS) is 22.2. The summed E-state index contributed by atoms with van der Waals surface area (Å²) in [5.41, 5.74) is 4.01. The van der Waals surface area contributed by atoms with E-state index in [1.807, 2.05) is 0 Å². The summed E-state index contributed by atoms with van der Waals surface area (Å²) in [6.45, 7) is 0. The van der Waals surface area contributed by atoms with E-state index in [4.69, 9.17) is 27.8 Å². The average molecular weight is 253 g/mol. The van der Waals surface area contributed by atoms with Crippen molar-refractivity contribution in [1.29, 1.82) is 5.26 Å².